The minimum absolute atomic E-state index is 0.113. The van der Waals surface area contributed by atoms with Gasteiger partial charge in [0.15, 0.2) is 5.84 Å². The summed E-state index contributed by atoms with van der Waals surface area (Å²) in [7, 11) is 0. The molecule has 1 aliphatic rings. The molecule has 1 aliphatic heterocycles. The Hall–Kier alpha value is -3.06. The summed E-state index contributed by atoms with van der Waals surface area (Å²) in [6.07, 6.45) is 4.99. The number of rotatable bonds is 3. The maximum Gasteiger partial charge on any atom is 0.155 e. The van der Waals surface area contributed by atoms with Crippen LogP contribution in [0.1, 0.15) is 10.6 Å². The molecule has 0 saturated heterocycles. The average molecular weight is 335 g/mol. The quantitative estimate of drug-likeness (QED) is 0.719. The molecule has 0 amide bonds. The van der Waals surface area contributed by atoms with Gasteiger partial charge in [-0.2, -0.15) is 5.10 Å². The number of nitrogens with one attached hydrogen (secondary N) is 1. The van der Waals surface area contributed by atoms with Crippen LogP contribution in [0.2, 0.25) is 0 Å². The Labute approximate surface area is 141 Å². The van der Waals surface area contributed by atoms with Crippen LogP contribution in [0.25, 0.3) is 15.8 Å². The summed E-state index contributed by atoms with van der Waals surface area (Å²) in [5.74, 6) is 0.258. The Bertz CT molecular complexity index is 944. The third kappa shape index (κ3) is 2.55. The van der Waals surface area contributed by atoms with Crippen molar-refractivity contribution in [3.63, 3.8) is 0 Å². The second-order valence-electron chi connectivity index (χ2n) is 5.25. The Morgan fingerprint density at radius 2 is 2.12 bits per heavy atom. The van der Waals surface area contributed by atoms with Crippen LogP contribution >= 0.6 is 11.3 Å². The number of fused-ring (bicyclic) bond motifs is 1. The highest BCUT2D eigenvalue weighted by molar-refractivity contribution is 7.19. The first-order chi connectivity index (χ1) is 11.7. The van der Waals surface area contributed by atoms with Crippen LogP contribution in [-0.2, 0) is 0 Å². The molecule has 3 aromatic rings. The van der Waals surface area contributed by atoms with E-state index in [1.54, 1.807) is 18.6 Å². The first-order valence-corrected chi connectivity index (χ1v) is 8.12. The van der Waals surface area contributed by atoms with Gasteiger partial charge in [0.25, 0.3) is 0 Å². The molecule has 0 aliphatic carbocycles. The maximum atomic E-state index is 10.3. The van der Waals surface area contributed by atoms with E-state index in [-0.39, 0.29) is 18.1 Å². The van der Waals surface area contributed by atoms with Crippen molar-refractivity contribution >= 4 is 39.2 Å². The van der Waals surface area contributed by atoms with Gasteiger partial charge in [-0.25, -0.2) is 9.99 Å². The van der Waals surface area contributed by atoms with Crippen LogP contribution < -0.4 is 0 Å². The number of benzene rings is 1. The molecule has 0 spiro atoms. The Morgan fingerprint density at radius 3 is 2.92 bits per heavy atom. The van der Waals surface area contributed by atoms with Crippen molar-refractivity contribution in [3.8, 4) is 0 Å². The van der Waals surface area contributed by atoms with Crippen LogP contribution in [0.5, 0.6) is 0 Å². The molecule has 118 valence electrons. The van der Waals surface area contributed by atoms with E-state index in [4.69, 9.17) is 5.41 Å². The Balaban J connectivity index is 1.62. The third-order valence-corrected chi connectivity index (χ3v) is 4.68. The Kier molecular flexibility index (Phi) is 3.55. The van der Waals surface area contributed by atoms with Gasteiger partial charge in [-0.3, -0.25) is 10.4 Å². The van der Waals surface area contributed by atoms with E-state index >= 15 is 0 Å². The molecule has 0 fully saturated rings. The van der Waals surface area contributed by atoms with Gasteiger partial charge < -0.3 is 5.11 Å². The predicted octanol–water partition coefficient (Wildman–Crippen LogP) is 3.29. The molecule has 0 unspecified atom stereocenters. The van der Waals surface area contributed by atoms with Crippen molar-refractivity contribution in [1.29, 1.82) is 5.41 Å². The van der Waals surface area contributed by atoms with E-state index in [0.717, 1.165) is 15.8 Å². The number of aliphatic hydroxyl groups is 1. The highest BCUT2D eigenvalue weighted by atomic mass is 32.1. The molecule has 0 radical (unpaired) electrons. The van der Waals surface area contributed by atoms with Gasteiger partial charge in [0.2, 0.25) is 0 Å². The van der Waals surface area contributed by atoms with E-state index in [1.165, 1.54) is 16.3 Å². The van der Waals surface area contributed by atoms with Gasteiger partial charge in [0.1, 0.15) is 17.3 Å². The number of aliphatic hydroxyl groups excluding tert-OH is 1. The van der Waals surface area contributed by atoms with Crippen molar-refractivity contribution in [2.24, 2.45) is 5.10 Å². The molecule has 24 heavy (non-hydrogen) atoms. The first kappa shape index (κ1) is 14.5. The number of aromatic nitrogens is 2. The molecule has 1 aromatic carbocycles. The molecule has 6 nitrogen and oxygen atoms in total. The van der Waals surface area contributed by atoms with Crippen LogP contribution in [0.3, 0.4) is 0 Å². The molecule has 0 bridgehead atoms. The van der Waals surface area contributed by atoms with Crippen molar-refractivity contribution in [2.45, 2.75) is 0 Å². The highest BCUT2D eigenvalue weighted by Gasteiger charge is 2.30. The normalized spacial score (nSPS) is 15.2. The van der Waals surface area contributed by atoms with Crippen LogP contribution in [0, 0.1) is 5.41 Å². The number of pyridine rings is 1. The number of thiazole rings is 1. The molecular formula is C17H13N5OS. The SMILES string of the molecule is N=C1C(c2nc3ccccc3s2)=C(O)CN1/N=C/c1cccnc1. The van der Waals surface area contributed by atoms with E-state index in [1.807, 2.05) is 36.4 Å². The van der Waals surface area contributed by atoms with Crippen LogP contribution in [-0.4, -0.2) is 38.7 Å². The van der Waals surface area contributed by atoms with Crippen LogP contribution in [0.4, 0.5) is 0 Å². The lowest BCUT2D eigenvalue weighted by Gasteiger charge is -2.10. The fraction of sp³-hybridized carbons (Fsp3) is 0.0588. The summed E-state index contributed by atoms with van der Waals surface area (Å²) < 4.78 is 1.03. The third-order valence-electron chi connectivity index (χ3n) is 3.62. The Morgan fingerprint density at radius 1 is 1.25 bits per heavy atom. The van der Waals surface area contributed by atoms with Gasteiger partial charge in [-0.05, 0) is 18.2 Å². The van der Waals surface area contributed by atoms with Gasteiger partial charge in [-0.1, -0.05) is 18.2 Å². The molecule has 2 aromatic heterocycles. The van der Waals surface area contributed by atoms with Crippen LogP contribution in [0.15, 0.2) is 59.7 Å². The summed E-state index contributed by atoms with van der Waals surface area (Å²) in [6, 6.07) is 11.5. The summed E-state index contributed by atoms with van der Waals surface area (Å²) in [6.45, 7) is 0.168. The number of para-hydroxylation sites is 1. The van der Waals surface area contributed by atoms with Gasteiger partial charge in [-0.15, -0.1) is 11.3 Å². The fourth-order valence-electron chi connectivity index (χ4n) is 2.46. The highest BCUT2D eigenvalue weighted by Crippen LogP contribution is 2.33. The summed E-state index contributed by atoms with van der Waals surface area (Å²) >= 11 is 1.46. The molecule has 0 saturated carbocycles. The molecule has 7 heteroatoms. The molecule has 0 atom stereocenters. The smallest absolute Gasteiger partial charge is 0.155 e. The predicted molar refractivity (Wildman–Crippen MR) is 95.4 cm³/mol. The standard InChI is InChI=1S/C17H13N5OS/c18-16-15(17-21-12-5-1-2-6-14(12)24-17)13(23)10-22(16)20-9-11-4-3-7-19-8-11/h1-9,18,23H,10H2/b18-16?,20-9+. The first-order valence-electron chi connectivity index (χ1n) is 7.31. The number of nitrogens with zero attached hydrogens (tertiary/aromatic N) is 4. The number of hydrogen-bond acceptors (Lipinski definition) is 6. The number of amidine groups is 1. The van der Waals surface area contributed by atoms with Crippen molar-refractivity contribution < 1.29 is 5.11 Å². The lowest BCUT2D eigenvalue weighted by molar-refractivity contribution is 0.358. The summed E-state index contributed by atoms with van der Waals surface area (Å²) in [5.41, 5.74) is 2.14. The lowest BCUT2D eigenvalue weighted by Crippen LogP contribution is -2.20. The van der Waals surface area contributed by atoms with Gasteiger partial charge in [0.05, 0.1) is 22.0 Å². The minimum Gasteiger partial charge on any atom is -0.509 e. The van der Waals surface area contributed by atoms with E-state index in [2.05, 4.69) is 15.1 Å². The average Bonchev–Trinajstić information content (AvgIpc) is 3.14. The minimum atomic E-state index is 0.113. The zero-order valence-electron chi connectivity index (χ0n) is 12.5. The largest absolute Gasteiger partial charge is 0.509 e. The molecule has 2 N–H and O–H groups in total. The van der Waals surface area contributed by atoms with E-state index < -0.39 is 0 Å². The summed E-state index contributed by atoms with van der Waals surface area (Å²) in [5, 5.41) is 25.0. The van der Waals surface area contributed by atoms with Crippen molar-refractivity contribution in [3.05, 3.63) is 65.1 Å². The van der Waals surface area contributed by atoms with Crippen molar-refractivity contribution in [2.75, 3.05) is 6.54 Å². The molecular weight excluding hydrogens is 322 g/mol. The zero-order valence-corrected chi connectivity index (χ0v) is 13.4. The molecule has 3 heterocycles. The van der Waals surface area contributed by atoms with Crippen molar-refractivity contribution in [1.82, 2.24) is 15.0 Å². The number of hydrazone groups is 1. The van der Waals surface area contributed by atoms with Gasteiger partial charge in [0, 0.05) is 18.0 Å². The number of hydrogen-bond donors (Lipinski definition) is 2. The maximum absolute atomic E-state index is 10.3. The molecule has 4 rings (SSSR count). The fourth-order valence-corrected chi connectivity index (χ4v) is 3.49. The van der Waals surface area contributed by atoms with E-state index in [0.29, 0.717) is 10.6 Å². The second-order valence-corrected chi connectivity index (χ2v) is 6.28. The van der Waals surface area contributed by atoms with E-state index in [9.17, 15) is 5.11 Å². The van der Waals surface area contributed by atoms with Gasteiger partial charge >= 0.3 is 0 Å². The monoisotopic (exact) mass is 335 g/mol. The zero-order chi connectivity index (χ0) is 16.5. The lowest BCUT2D eigenvalue weighted by atomic mass is 10.2. The second kappa shape index (κ2) is 5.86. The topological polar surface area (TPSA) is 85.5 Å². The summed E-state index contributed by atoms with van der Waals surface area (Å²) in [4.78, 5) is 8.54.